The Morgan fingerprint density at radius 2 is 1.85 bits per heavy atom. The average Bonchev–Trinajstić information content (AvgIpc) is 3.58. The molecule has 0 spiro atoms. The van der Waals surface area contributed by atoms with Crippen LogP contribution in [0.5, 0.6) is 0 Å². The van der Waals surface area contributed by atoms with Crippen molar-refractivity contribution in [2.75, 3.05) is 40.3 Å². The summed E-state index contributed by atoms with van der Waals surface area (Å²) in [5.41, 5.74) is 1.14. The number of benzene rings is 2. The standard InChI is InChI=1S/C23H27F2N3O4S/c1-27(2)33(30,31)26-13-15-14-28(10-11-32-15)23(29)19-12-18(19)16-6-3-4-7-17(16)22-20(24)8-5-9-21(22)25/h3-9,15,18-19,26H,10-14H2,1-2H3/t15-,18-,19+/m0/s1. The molecule has 178 valence electrons. The number of halogens is 2. The summed E-state index contributed by atoms with van der Waals surface area (Å²) in [4.78, 5) is 14.8. The fraction of sp³-hybridized carbons (Fsp3) is 0.435. The van der Waals surface area contributed by atoms with E-state index in [0.717, 1.165) is 9.87 Å². The number of amides is 1. The smallest absolute Gasteiger partial charge is 0.279 e. The molecule has 2 aromatic rings. The molecule has 0 radical (unpaired) electrons. The first-order valence-corrected chi connectivity index (χ1v) is 12.2. The van der Waals surface area contributed by atoms with Crippen molar-refractivity contribution < 1.29 is 26.7 Å². The van der Waals surface area contributed by atoms with Gasteiger partial charge in [0.05, 0.1) is 18.3 Å². The lowest BCUT2D eigenvalue weighted by atomic mass is 9.95. The van der Waals surface area contributed by atoms with E-state index in [0.29, 0.717) is 25.1 Å². The Bertz CT molecular complexity index is 1120. The molecule has 33 heavy (non-hydrogen) atoms. The summed E-state index contributed by atoms with van der Waals surface area (Å²) in [6.07, 6.45) is 0.149. The number of hydrogen-bond acceptors (Lipinski definition) is 4. The van der Waals surface area contributed by atoms with E-state index in [-0.39, 0.29) is 36.4 Å². The van der Waals surface area contributed by atoms with Crippen molar-refractivity contribution in [2.45, 2.75) is 18.4 Å². The molecule has 2 fully saturated rings. The molecule has 0 unspecified atom stereocenters. The Morgan fingerprint density at radius 1 is 1.15 bits per heavy atom. The Hall–Kier alpha value is -2.40. The summed E-state index contributed by atoms with van der Waals surface area (Å²) in [7, 11) is -0.726. The highest BCUT2D eigenvalue weighted by Crippen LogP contribution is 2.51. The number of morpholine rings is 1. The minimum absolute atomic E-state index is 0.0485. The van der Waals surface area contributed by atoms with Crippen molar-refractivity contribution >= 4 is 16.1 Å². The molecule has 1 heterocycles. The number of carbonyl (C=O) groups is 1. The van der Waals surface area contributed by atoms with Crippen molar-refractivity contribution in [3.05, 3.63) is 59.7 Å². The van der Waals surface area contributed by atoms with Crippen molar-refractivity contribution in [3.8, 4) is 11.1 Å². The zero-order valence-electron chi connectivity index (χ0n) is 18.5. The van der Waals surface area contributed by atoms with Gasteiger partial charge in [-0.1, -0.05) is 30.3 Å². The molecule has 10 heteroatoms. The number of ether oxygens (including phenoxy) is 1. The summed E-state index contributed by atoms with van der Waals surface area (Å²) in [5, 5.41) is 0. The second kappa shape index (κ2) is 9.46. The average molecular weight is 480 g/mol. The van der Waals surface area contributed by atoms with Crippen LogP contribution in [0, 0.1) is 17.6 Å². The fourth-order valence-corrected chi connectivity index (χ4v) is 4.87. The topological polar surface area (TPSA) is 79.0 Å². The van der Waals surface area contributed by atoms with Gasteiger partial charge in [0, 0.05) is 39.6 Å². The van der Waals surface area contributed by atoms with Crippen LogP contribution >= 0.6 is 0 Å². The molecule has 2 aromatic carbocycles. The summed E-state index contributed by atoms with van der Waals surface area (Å²) in [6, 6.07) is 10.8. The predicted octanol–water partition coefficient (Wildman–Crippen LogP) is 2.36. The number of rotatable bonds is 7. The summed E-state index contributed by atoms with van der Waals surface area (Å²) in [6.45, 7) is 1.08. The first-order chi connectivity index (χ1) is 15.7. The van der Waals surface area contributed by atoms with Gasteiger partial charge < -0.3 is 9.64 Å². The maximum absolute atomic E-state index is 14.4. The molecule has 0 aromatic heterocycles. The number of nitrogens with zero attached hydrogens (tertiary/aromatic N) is 2. The van der Waals surface area contributed by atoms with E-state index in [1.807, 2.05) is 6.07 Å². The summed E-state index contributed by atoms with van der Waals surface area (Å²) < 4.78 is 61.9. The molecule has 1 saturated heterocycles. The highest BCUT2D eigenvalue weighted by molar-refractivity contribution is 7.87. The molecule has 7 nitrogen and oxygen atoms in total. The van der Waals surface area contributed by atoms with Crippen LogP contribution in [0.25, 0.3) is 11.1 Å². The Kier molecular flexibility index (Phi) is 6.81. The van der Waals surface area contributed by atoms with Gasteiger partial charge in [0.25, 0.3) is 10.2 Å². The predicted molar refractivity (Wildman–Crippen MR) is 120 cm³/mol. The van der Waals surface area contributed by atoms with E-state index < -0.39 is 27.9 Å². The summed E-state index contributed by atoms with van der Waals surface area (Å²) in [5.74, 6) is -1.73. The van der Waals surface area contributed by atoms with Crippen LogP contribution in [-0.2, 0) is 19.7 Å². The maximum Gasteiger partial charge on any atom is 0.279 e. The van der Waals surface area contributed by atoms with Gasteiger partial charge in [-0.25, -0.2) is 8.78 Å². The summed E-state index contributed by atoms with van der Waals surface area (Å²) >= 11 is 0. The van der Waals surface area contributed by atoms with E-state index >= 15 is 0 Å². The van der Waals surface area contributed by atoms with E-state index in [2.05, 4.69) is 4.72 Å². The van der Waals surface area contributed by atoms with Gasteiger partial charge in [-0.15, -0.1) is 0 Å². The molecule has 1 N–H and O–H groups in total. The largest absolute Gasteiger partial charge is 0.373 e. The SMILES string of the molecule is CN(C)S(=O)(=O)NC[C@H]1CN(C(=O)[C@@H]2C[C@H]2c2ccccc2-c2c(F)cccc2F)CCO1. The molecule has 1 amide bonds. The molecule has 4 rings (SSSR count). The monoisotopic (exact) mass is 479 g/mol. The Labute approximate surface area is 192 Å². The first kappa shape index (κ1) is 23.7. The number of carbonyl (C=O) groups excluding carboxylic acids is 1. The van der Waals surface area contributed by atoms with Gasteiger partial charge >= 0.3 is 0 Å². The first-order valence-electron chi connectivity index (χ1n) is 10.8. The molecule has 1 aliphatic carbocycles. The fourth-order valence-electron chi connectivity index (χ4n) is 4.22. The normalized spacial score (nSPS) is 23.1. The third-order valence-electron chi connectivity index (χ3n) is 6.12. The molecular formula is C23H27F2N3O4S. The van der Waals surface area contributed by atoms with E-state index in [1.54, 1.807) is 23.1 Å². The van der Waals surface area contributed by atoms with Gasteiger partial charge in [0.15, 0.2) is 0 Å². The second-order valence-electron chi connectivity index (χ2n) is 8.55. The Balaban J connectivity index is 1.44. The van der Waals surface area contributed by atoms with Crippen molar-refractivity contribution in [1.29, 1.82) is 0 Å². The zero-order valence-corrected chi connectivity index (χ0v) is 19.3. The zero-order chi connectivity index (χ0) is 23.8. The third kappa shape index (κ3) is 5.08. The quantitative estimate of drug-likeness (QED) is 0.662. The molecule has 1 aliphatic heterocycles. The number of nitrogens with one attached hydrogen (secondary N) is 1. The van der Waals surface area contributed by atoms with Gasteiger partial charge in [0.2, 0.25) is 5.91 Å². The lowest BCUT2D eigenvalue weighted by molar-refractivity contribution is -0.139. The van der Waals surface area contributed by atoms with Crippen LogP contribution in [-0.4, -0.2) is 70.0 Å². The van der Waals surface area contributed by atoms with Gasteiger partial charge in [0.1, 0.15) is 11.6 Å². The van der Waals surface area contributed by atoms with Crippen LogP contribution in [0.1, 0.15) is 17.9 Å². The highest BCUT2D eigenvalue weighted by atomic mass is 32.2. The third-order valence-corrected chi connectivity index (χ3v) is 7.62. The number of hydrogen-bond donors (Lipinski definition) is 1. The minimum atomic E-state index is -3.58. The van der Waals surface area contributed by atoms with Gasteiger partial charge in [-0.2, -0.15) is 17.4 Å². The molecular weight excluding hydrogens is 452 g/mol. The van der Waals surface area contributed by atoms with E-state index in [4.69, 9.17) is 4.74 Å². The molecule has 3 atom stereocenters. The van der Waals surface area contributed by atoms with Gasteiger partial charge in [-0.3, -0.25) is 4.79 Å². The van der Waals surface area contributed by atoms with Crippen LogP contribution < -0.4 is 4.72 Å². The van der Waals surface area contributed by atoms with Crippen molar-refractivity contribution in [1.82, 2.24) is 13.9 Å². The van der Waals surface area contributed by atoms with E-state index in [1.165, 1.54) is 32.3 Å². The van der Waals surface area contributed by atoms with Crippen LogP contribution in [0.4, 0.5) is 8.78 Å². The lowest BCUT2D eigenvalue weighted by Crippen LogP contribution is -2.51. The highest BCUT2D eigenvalue weighted by Gasteiger charge is 2.47. The van der Waals surface area contributed by atoms with E-state index in [9.17, 15) is 22.0 Å². The van der Waals surface area contributed by atoms with Crippen LogP contribution in [0.15, 0.2) is 42.5 Å². The molecule has 1 saturated carbocycles. The van der Waals surface area contributed by atoms with Gasteiger partial charge in [-0.05, 0) is 35.6 Å². The van der Waals surface area contributed by atoms with Crippen LogP contribution in [0.2, 0.25) is 0 Å². The Morgan fingerprint density at radius 3 is 2.55 bits per heavy atom. The molecule has 0 bridgehead atoms. The van der Waals surface area contributed by atoms with Crippen molar-refractivity contribution in [3.63, 3.8) is 0 Å². The lowest BCUT2D eigenvalue weighted by Gasteiger charge is -2.33. The molecule has 2 aliphatic rings. The van der Waals surface area contributed by atoms with Crippen LogP contribution in [0.3, 0.4) is 0 Å². The maximum atomic E-state index is 14.4. The minimum Gasteiger partial charge on any atom is -0.373 e. The second-order valence-corrected chi connectivity index (χ2v) is 10.5. The van der Waals surface area contributed by atoms with Crippen molar-refractivity contribution in [2.24, 2.45) is 5.92 Å².